The minimum absolute atomic E-state index is 0.169. The molecule has 0 radical (unpaired) electrons. The van der Waals surface area contributed by atoms with Crippen LogP contribution in [0.15, 0.2) is 78.9 Å². The molecule has 182 valence electrons. The molecule has 0 saturated carbocycles. The van der Waals surface area contributed by atoms with Crippen LogP contribution >= 0.6 is 11.6 Å². The molecule has 0 unspecified atom stereocenters. The maximum absolute atomic E-state index is 13.7. The fourth-order valence-corrected chi connectivity index (χ4v) is 5.44. The standard InChI is InChI=1S/C31H27ClO4/c1-3-35-29(33)31(30(34)36-4-2)19-22-10-6-8-12-25(22)28-26(17-20-13-15-23(32)16-14-20)24-11-7-5-9-21(24)18-27(28)31/h5-16,18H,3-4,17,19H2,1-2H3. The van der Waals surface area contributed by atoms with E-state index in [4.69, 9.17) is 21.1 Å². The van der Waals surface area contributed by atoms with Crippen molar-refractivity contribution >= 4 is 34.3 Å². The van der Waals surface area contributed by atoms with Crippen molar-refractivity contribution in [2.24, 2.45) is 0 Å². The van der Waals surface area contributed by atoms with E-state index in [1.54, 1.807) is 13.8 Å². The van der Waals surface area contributed by atoms with Gasteiger partial charge in [-0.25, -0.2) is 0 Å². The van der Waals surface area contributed by atoms with Crippen LogP contribution in [-0.2, 0) is 37.3 Å². The zero-order valence-corrected chi connectivity index (χ0v) is 21.1. The molecule has 5 heteroatoms. The number of ether oxygens (including phenoxy) is 2. The lowest BCUT2D eigenvalue weighted by molar-refractivity contribution is -0.165. The Labute approximate surface area is 215 Å². The van der Waals surface area contributed by atoms with Gasteiger partial charge in [0.05, 0.1) is 13.2 Å². The molecule has 0 aliphatic heterocycles. The Morgan fingerprint density at radius 3 is 2.19 bits per heavy atom. The van der Waals surface area contributed by atoms with Gasteiger partial charge in [0.2, 0.25) is 0 Å². The fourth-order valence-electron chi connectivity index (χ4n) is 5.31. The minimum atomic E-state index is -1.59. The van der Waals surface area contributed by atoms with E-state index in [0.29, 0.717) is 17.0 Å². The van der Waals surface area contributed by atoms with E-state index in [-0.39, 0.29) is 19.6 Å². The van der Waals surface area contributed by atoms with Crippen molar-refractivity contribution in [3.8, 4) is 11.1 Å². The Kier molecular flexibility index (Phi) is 6.55. The van der Waals surface area contributed by atoms with Gasteiger partial charge in [0, 0.05) is 11.4 Å². The summed E-state index contributed by atoms with van der Waals surface area (Å²) in [6.45, 7) is 3.84. The number of fused-ring (bicyclic) bond motifs is 4. The molecule has 5 rings (SSSR count). The van der Waals surface area contributed by atoms with Gasteiger partial charge in [0.1, 0.15) is 0 Å². The zero-order chi connectivity index (χ0) is 25.3. The lowest BCUT2D eigenvalue weighted by atomic mass is 9.65. The first-order valence-electron chi connectivity index (χ1n) is 12.2. The second-order valence-corrected chi connectivity index (χ2v) is 9.42. The number of benzene rings is 4. The van der Waals surface area contributed by atoms with Crippen molar-refractivity contribution in [2.45, 2.75) is 32.1 Å². The molecule has 0 spiro atoms. The van der Waals surface area contributed by atoms with Crippen LogP contribution < -0.4 is 0 Å². The maximum Gasteiger partial charge on any atom is 0.328 e. The molecule has 4 nitrogen and oxygen atoms in total. The molecular formula is C31H27ClO4. The first-order chi connectivity index (χ1) is 17.5. The van der Waals surface area contributed by atoms with Crippen molar-refractivity contribution in [1.29, 1.82) is 0 Å². The zero-order valence-electron chi connectivity index (χ0n) is 20.3. The predicted molar refractivity (Wildman–Crippen MR) is 142 cm³/mol. The van der Waals surface area contributed by atoms with Crippen LogP contribution in [0.2, 0.25) is 5.02 Å². The Bertz CT molecular complexity index is 1440. The highest BCUT2D eigenvalue weighted by Gasteiger charge is 2.54. The molecule has 0 saturated heterocycles. The van der Waals surface area contributed by atoms with Gasteiger partial charge >= 0.3 is 11.9 Å². The van der Waals surface area contributed by atoms with E-state index in [0.717, 1.165) is 38.6 Å². The second-order valence-electron chi connectivity index (χ2n) is 8.98. The average molecular weight is 499 g/mol. The van der Waals surface area contributed by atoms with Crippen LogP contribution in [0.1, 0.15) is 36.1 Å². The molecular weight excluding hydrogens is 472 g/mol. The average Bonchev–Trinajstić information content (AvgIpc) is 2.89. The lowest BCUT2D eigenvalue weighted by Crippen LogP contribution is -2.50. The quantitative estimate of drug-likeness (QED) is 0.220. The van der Waals surface area contributed by atoms with Gasteiger partial charge < -0.3 is 9.47 Å². The van der Waals surface area contributed by atoms with Gasteiger partial charge in [-0.15, -0.1) is 0 Å². The smallest absolute Gasteiger partial charge is 0.328 e. The summed E-state index contributed by atoms with van der Waals surface area (Å²) in [4.78, 5) is 27.4. The summed E-state index contributed by atoms with van der Waals surface area (Å²) in [5.41, 5.74) is 4.01. The van der Waals surface area contributed by atoms with E-state index in [1.807, 2.05) is 66.7 Å². The Hall–Kier alpha value is -3.63. The first-order valence-corrected chi connectivity index (χ1v) is 12.6. The molecule has 0 bridgehead atoms. The molecule has 0 atom stereocenters. The summed E-state index contributed by atoms with van der Waals surface area (Å²) in [5, 5.41) is 2.70. The first kappa shape index (κ1) is 24.1. The highest BCUT2D eigenvalue weighted by molar-refractivity contribution is 6.30. The van der Waals surface area contributed by atoms with Crippen LogP contribution in [0.4, 0.5) is 0 Å². The molecule has 0 fully saturated rings. The predicted octanol–water partition coefficient (Wildman–Crippen LogP) is 6.67. The van der Waals surface area contributed by atoms with Gasteiger partial charge in [-0.1, -0.05) is 72.3 Å². The van der Waals surface area contributed by atoms with Gasteiger partial charge in [0.15, 0.2) is 5.41 Å². The maximum atomic E-state index is 13.7. The molecule has 0 heterocycles. The number of hydrogen-bond acceptors (Lipinski definition) is 4. The van der Waals surface area contributed by atoms with Gasteiger partial charge in [-0.05, 0) is 82.6 Å². The molecule has 0 aromatic heterocycles. The number of carbonyl (C=O) groups excluding carboxylic acids is 2. The van der Waals surface area contributed by atoms with Crippen molar-refractivity contribution in [3.63, 3.8) is 0 Å². The van der Waals surface area contributed by atoms with Crippen LogP contribution in [0.3, 0.4) is 0 Å². The Balaban J connectivity index is 1.88. The van der Waals surface area contributed by atoms with E-state index >= 15 is 0 Å². The highest BCUT2D eigenvalue weighted by Crippen LogP contribution is 2.49. The topological polar surface area (TPSA) is 52.6 Å². The summed E-state index contributed by atoms with van der Waals surface area (Å²) in [6.07, 6.45) is 0.795. The van der Waals surface area contributed by atoms with E-state index in [2.05, 4.69) is 12.1 Å². The number of rotatable bonds is 6. The summed E-state index contributed by atoms with van der Waals surface area (Å²) in [7, 11) is 0. The third kappa shape index (κ3) is 3.96. The van der Waals surface area contributed by atoms with Gasteiger partial charge in [0.25, 0.3) is 0 Å². The number of hydrogen-bond donors (Lipinski definition) is 0. The summed E-state index contributed by atoms with van der Waals surface area (Å²) in [5.74, 6) is -1.15. The summed E-state index contributed by atoms with van der Waals surface area (Å²) >= 11 is 6.16. The van der Waals surface area contributed by atoms with Crippen molar-refractivity contribution in [3.05, 3.63) is 106 Å². The van der Waals surface area contributed by atoms with Crippen LogP contribution in [0.5, 0.6) is 0 Å². The second kappa shape index (κ2) is 9.79. The summed E-state index contributed by atoms with van der Waals surface area (Å²) < 4.78 is 11.1. The normalized spacial score (nSPS) is 13.5. The number of carbonyl (C=O) groups is 2. The molecule has 1 aliphatic rings. The molecule has 0 N–H and O–H groups in total. The molecule has 4 aromatic rings. The molecule has 0 amide bonds. The molecule has 4 aromatic carbocycles. The monoisotopic (exact) mass is 498 g/mol. The van der Waals surface area contributed by atoms with E-state index in [1.165, 1.54) is 0 Å². The Morgan fingerprint density at radius 2 is 1.50 bits per heavy atom. The van der Waals surface area contributed by atoms with Crippen LogP contribution in [0, 0.1) is 0 Å². The largest absolute Gasteiger partial charge is 0.465 e. The van der Waals surface area contributed by atoms with Crippen LogP contribution in [0.25, 0.3) is 21.9 Å². The fraction of sp³-hybridized carbons (Fsp3) is 0.226. The number of halogens is 1. The molecule has 1 aliphatic carbocycles. The Morgan fingerprint density at radius 1 is 0.861 bits per heavy atom. The van der Waals surface area contributed by atoms with Crippen molar-refractivity contribution in [1.82, 2.24) is 0 Å². The van der Waals surface area contributed by atoms with Gasteiger partial charge in [-0.2, -0.15) is 0 Å². The molecule has 36 heavy (non-hydrogen) atoms. The van der Waals surface area contributed by atoms with Crippen LogP contribution in [-0.4, -0.2) is 25.2 Å². The highest BCUT2D eigenvalue weighted by atomic mass is 35.5. The lowest BCUT2D eigenvalue weighted by Gasteiger charge is -2.37. The number of esters is 2. The summed E-state index contributed by atoms with van der Waals surface area (Å²) in [6, 6.07) is 25.8. The van der Waals surface area contributed by atoms with Crippen molar-refractivity contribution < 1.29 is 19.1 Å². The SMILES string of the molecule is CCOC(=O)C1(C(=O)OCC)Cc2ccccc2-c2c1cc1ccccc1c2Cc1ccc(Cl)cc1. The van der Waals surface area contributed by atoms with Crippen molar-refractivity contribution in [2.75, 3.05) is 13.2 Å². The third-order valence-corrected chi connectivity index (χ3v) is 7.15. The van der Waals surface area contributed by atoms with Gasteiger partial charge in [-0.3, -0.25) is 9.59 Å². The minimum Gasteiger partial charge on any atom is -0.465 e. The van der Waals surface area contributed by atoms with E-state index in [9.17, 15) is 9.59 Å². The third-order valence-electron chi connectivity index (χ3n) is 6.90. The van der Waals surface area contributed by atoms with E-state index < -0.39 is 17.4 Å².